The van der Waals surface area contributed by atoms with Crippen molar-refractivity contribution in [3.8, 4) is 0 Å². The van der Waals surface area contributed by atoms with E-state index < -0.39 is 11.7 Å². The maximum absolute atomic E-state index is 12.6. The molecule has 1 rings (SSSR count). The molecular formula is C15H24F3N. The smallest absolute Gasteiger partial charge is 0.328 e. The molecule has 0 heterocycles. The van der Waals surface area contributed by atoms with Crippen molar-refractivity contribution in [2.45, 2.75) is 59.2 Å². The molecule has 110 valence electrons. The first kappa shape index (κ1) is 18.0. The zero-order valence-electron chi connectivity index (χ0n) is 12.1. The summed E-state index contributed by atoms with van der Waals surface area (Å²) < 4.78 is 37.7. The Hall–Kier alpha value is -1.03. The van der Waals surface area contributed by atoms with Crippen LogP contribution in [0.3, 0.4) is 0 Å². The van der Waals surface area contributed by atoms with Gasteiger partial charge in [0.05, 0.1) is 5.56 Å². The van der Waals surface area contributed by atoms with Crippen molar-refractivity contribution in [2.24, 2.45) is 5.73 Å². The Balaban J connectivity index is 0.00000154. The number of halogens is 3. The molecule has 0 unspecified atom stereocenters. The van der Waals surface area contributed by atoms with Gasteiger partial charge in [-0.15, -0.1) is 0 Å². The Labute approximate surface area is 114 Å². The highest BCUT2D eigenvalue weighted by Gasteiger charge is 2.30. The number of hydrogen-bond acceptors (Lipinski definition) is 1. The second kappa shape index (κ2) is 8.20. The third-order valence-corrected chi connectivity index (χ3v) is 2.59. The van der Waals surface area contributed by atoms with Crippen molar-refractivity contribution in [3.05, 3.63) is 34.9 Å². The van der Waals surface area contributed by atoms with Gasteiger partial charge in [-0.25, -0.2) is 0 Å². The Bertz CT molecular complexity index is 370. The van der Waals surface area contributed by atoms with Gasteiger partial charge in [-0.1, -0.05) is 25.5 Å². The average Bonchev–Trinajstić information content (AvgIpc) is 2.29. The first-order valence-corrected chi connectivity index (χ1v) is 6.72. The molecule has 1 aromatic rings. The van der Waals surface area contributed by atoms with Crippen LogP contribution in [0.25, 0.3) is 0 Å². The summed E-state index contributed by atoms with van der Waals surface area (Å²) in [6, 6.07) is 4.31. The summed E-state index contributed by atoms with van der Waals surface area (Å²) in [4.78, 5) is 0. The molecule has 1 atom stereocenters. The van der Waals surface area contributed by atoms with Crippen molar-refractivity contribution in [1.29, 1.82) is 0 Å². The van der Waals surface area contributed by atoms with Gasteiger partial charge >= 0.3 is 6.18 Å². The van der Waals surface area contributed by atoms with Crippen LogP contribution < -0.4 is 5.73 Å². The van der Waals surface area contributed by atoms with Crippen LogP contribution in [0.1, 0.15) is 50.3 Å². The van der Waals surface area contributed by atoms with E-state index in [0.717, 1.165) is 18.4 Å². The predicted octanol–water partition coefficient (Wildman–Crippen LogP) is 4.71. The van der Waals surface area contributed by atoms with Gasteiger partial charge in [-0.3, -0.25) is 0 Å². The second-order valence-corrected chi connectivity index (χ2v) is 4.57. The fourth-order valence-corrected chi connectivity index (χ4v) is 1.80. The first-order valence-electron chi connectivity index (χ1n) is 6.72. The molecule has 0 saturated heterocycles. The van der Waals surface area contributed by atoms with Crippen LogP contribution in [-0.2, 0) is 12.6 Å². The highest BCUT2D eigenvalue weighted by molar-refractivity contribution is 5.31. The van der Waals surface area contributed by atoms with Crippen LogP contribution in [0, 0.1) is 6.92 Å². The van der Waals surface area contributed by atoms with Crippen molar-refractivity contribution in [2.75, 3.05) is 0 Å². The predicted molar refractivity (Wildman–Crippen MR) is 74.1 cm³/mol. The summed E-state index contributed by atoms with van der Waals surface area (Å²) in [5, 5.41) is 0. The molecule has 0 aliphatic rings. The van der Waals surface area contributed by atoms with Crippen molar-refractivity contribution >= 4 is 0 Å². The maximum Gasteiger partial charge on any atom is 0.416 e. The molecule has 0 aliphatic heterocycles. The van der Waals surface area contributed by atoms with Crippen molar-refractivity contribution < 1.29 is 13.2 Å². The van der Waals surface area contributed by atoms with E-state index in [0.29, 0.717) is 12.0 Å². The molecular weight excluding hydrogens is 251 g/mol. The molecule has 0 spiro atoms. The minimum Gasteiger partial charge on any atom is -0.328 e. The average molecular weight is 275 g/mol. The summed E-state index contributed by atoms with van der Waals surface area (Å²) in [6.07, 6.45) is -1.97. The van der Waals surface area contributed by atoms with Crippen LogP contribution >= 0.6 is 0 Å². The summed E-state index contributed by atoms with van der Waals surface area (Å²) in [5.74, 6) is 0. The summed E-state index contributed by atoms with van der Waals surface area (Å²) in [5.41, 5.74) is 6.43. The quantitative estimate of drug-likeness (QED) is 0.846. The van der Waals surface area contributed by atoms with E-state index in [1.165, 1.54) is 12.1 Å². The fourth-order valence-electron chi connectivity index (χ4n) is 1.80. The summed E-state index contributed by atoms with van der Waals surface area (Å²) in [6.45, 7) is 7.59. The molecule has 2 N–H and O–H groups in total. The SMILES string of the molecule is CC.Cc1cc(CCC[C@H](C)N)cc(C(F)(F)F)c1. The van der Waals surface area contributed by atoms with E-state index in [9.17, 15) is 13.2 Å². The molecule has 19 heavy (non-hydrogen) atoms. The number of rotatable bonds is 4. The van der Waals surface area contributed by atoms with Crippen molar-refractivity contribution in [3.63, 3.8) is 0 Å². The van der Waals surface area contributed by atoms with Gasteiger partial charge < -0.3 is 5.73 Å². The van der Waals surface area contributed by atoms with Gasteiger partial charge in [0.2, 0.25) is 0 Å². The van der Waals surface area contributed by atoms with E-state index in [1.54, 1.807) is 13.0 Å². The Morgan fingerprint density at radius 1 is 1.16 bits per heavy atom. The highest BCUT2D eigenvalue weighted by Crippen LogP contribution is 2.30. The summed E-state index contributed by atoms with van der Waals surface area (Å²) in [7, 11) is 0. The number of benzene rings is 1. The van der Waals surface area contributed by atoms with E-state index in [1.807, 2.05) is 20.8 Å². The topological polar surface area (TPSA) is 26.0 Å². The molecule has 1 aromatic carbocycles. The van der Waals surface area contributed by atoms with Crippen LogP contribution in [0.4, 0.5) is 13.2 Å². The third kappa shape index (κ3) is 7.21. The lowest BCUT2D eigenvalue weighted by Gasteiger charge is -2.11. The highest BCUT2D eigenvalue weighted by atomic mass is 19.4. The fraction of sp³-hybridized carbons (Fsp3) is 0.600. The van der Waals surface area contributed by atoms with Crippen LogP contribution in [0.15, 0.2) is 18.2 Å². The minimum atomic E-state index is -4.26. The lowest BCUT2D eigenvalue weighted by molar-refractivity contribution is -0.137. The van der Waals surface area contributed by atoms with Crippen molar-refractivity contribution in [1.82, 2.24) is 0 Å². The number of nitrogens with two attached hydrogens (primary N) is 1. The van der Waals surface area contributed by atoms with E-state index in [-0.39, 0.29) is 6.04 Å². The molecule has 0 amide bonds. The standard InChI is InChI=1S/C13H18F3N.C2H6/c1-9-6-11(5-3-4-10(2)17)8-12(7-9)13(14,15)16;1-2/h6-8,10H,3-5,17H2,1-2H3;1-2H3/t10-;/m0./s1. The Kier molecular flexibility index (Phi) is 7.76. The Morgan fingerprint density at radius 3 is 2.21 bits per heavy atom. The molecule has 0 saturated carbocycles. The number of alkyl halides is 3. The monoisotopic (exact) mass is 275 g/mol. The van der Waals surface area contributed by atoms with Gasteiger partial charge in [0.1, 0.15) is 0 Å². The third-order valence-electron chi connectivity index (χ3n) is 2.59. The second-order valence-electron chi connectivity index (χ2n) is 4.57. The molecule has 1 nitrogen and oxygen atoms in total. The lowest BCUT2D eigenvalue weighted by atomic mass is 10.0. The van der Waals surface area contributed by atoms with Crippen LogP contribution in [0.5, 0.6) is 0 Å². The Morgan fingerprint density at radius 2 is 1.74 bits per heavy atom. The minimum absolute atomic E-state index is 0.0990. The van der Waals surface area contributed by atoms with Gasteiger partial charge in [-0.05, 0) is 50.8 Å². The van der Waals surface area contributed by atoms with Gasteiger partial charge in [-0.2, -0.15) is 13.2 Å². The maximum atomic E-state index is 12.6. The summed E-state index contributed by atoms with van der Waals surface area (Å²) >= 11 is 0. The van der Waals surface area contributed by atoms with Gasteiger partial charge in [0.25, 0.3) is 0 Å². The largest absolute Gasteiger partial charge is 0.416 e. The van der Waals surface area contributed by atoms with E-state index >= 15 is 0 Å². The van der Waals surface area contributed by atoms with Gasteiger partial charge in [0.15, 0.2) is 0 Å². The van der Waals surface area contributed by atoms with Gasteiger partial charge in [0, 0.05) is 6.04 Å². The van der Waals surface area contributed by atoms with Crippen LogP contribution in [-0.4, -0.2) is 6.04 Å². The molecule has 4 heteroatoms. The molecule has 0 bridgehead atoms. The molecule has 0 aliphatic carbocycles. The molecule has 0 radical (unpaired) electrons. The lowest BCUT2D eigenvalue weighted by Crippen LogP contribution is -2.14. The first-order chi connectivity index (χ1) is 8.79. The molecule has 0 aromatic heterocycles. The van der Waals surface area contributed by atoms with E-state index in [2.05, 4.69) is 0 Å². The zero-order valence-corrected chi connectivity index (χ0v) is 12.1. The molecule has 0 fully saturated rings. The zero-order chi connectivity index (χ0) is 15.1. The number of aryl methyl sites for hydroxylation is 2. The van der Waals surface area contributed by atoms with Crippen LogP contribution in [0.2, 0.25) is 0 Å². The van der Waals surface area contributed by atoms with E-state index in [4.69, 9.17) is 5.73 Å². The normalized spacial score (nSPS) is 12.6. The number of hydrogen-bond donors (Lipinski definition) is 1.